The number of fused-ring (bicyclic) bond motifs is 3. The van der Waals surface area contributed by atoms with Gasteiger partial charge in [-0.1, -0.05) is 11.3 Å². The molecular formula is C41H43N13O3. The lowest BCUT2D eigenvalue weighted by molar-refractivity contribution is -0.138. The monoisotopic (exact) mass is 765 g/mol. The number of benzene rings is 1. The van der Waals surface area contributed by atoms with Crippen LogP contribution in [0.3, 0.4) is 0 Å². The molecule has 2 amide bonds. The average Bonchev–Trinajstić information content (AvgIpc) is 4.00. The summed E-state index contributed by atoms with van der Waals surface area (Å²) in [5.74, 6) is 1.83. The average molecular weight is 766 g/mol. The van der Waals surface area contributed by atoms with Gasteiger partial charge in [0.05, 0.1) is 41.6 Å². The minimum Gasteiger partial charge on any atom is -0.492 e. The third kappa shape index (κ3) is 6.91. The van der Waals surface area contributed by atoms with Crippen LogP contribution in [-0.4, -0.2) is 96.8 Å². The fraction of sp³-hybridized carbons (Fsp3) is 0.439. The molecule has 1 unspecified atom stereocenters. The molecular weight excluding hydrogens is 723 g/mol. The Morgan fingerprint density at radius 1 is 1.04 bits per heavy atom. The number of aromatic nitrogens is 7. The van der Waals surface area contributed by atoms with E-state index in [0.29, 0.717) is 53.1 Å². The molecule has 0 radical (unpaired) electrons. The van der Waals surface area contributed by atoms with E-state index in [-0.39, 0.29) is 18.4 Å². The van der Waals surface area contributed by atoms with Gasteiger partial charge < -0.3 is 15.0 Å². The Labute approximate surface area is 329 Å². The predicted molar refractivity (Wildman–Crippen MR) is 209 cm³/mol. The van der Waals surface area contributed by atoms with Gasteiger partial charge in [-0.2, -0.15) is 20.3 Å². The fourth-order valence-corrected chi connectivity index (χ4v) is 8.83. The normalized spacial score (nSPS) is 22.8. The van der Waals surface area contributed by atoms with Gasteiger partial charge in [-0.3, -0.25) is 19.8 Å². The van der Waals surface area contributed by atoms with Gasteiger partial charge in [-0.15, -0.1) is 5.10 Å². The van der Waals surface area contributed by atoms with Crippen molar-refractivity contribution in [2.24, 2.45) is 5.92 Å². The van der Waals surface area contributed by atoms with Crippen molar-refractivity contribution in [1.82, 2.24) is 45.0 Å². The Hall–Kier alpha value is -6.39. The van der Waals surface area contributed by atoms with E-state index in [4.69, 9.17) is 4.74 Å². The first kappa shape index (κ1) is 36.3. The van der Waals surface area contributed by atoms with Crippen LogP contribution >= 0.6 is 0 Å². The molecule has 3 fully saturated rings. The second-order valence-electron chi connectivity index (χ2n) is 15.7. The molecule has 0 bridgehead atoms. The maximum atomic E-state index is 12.8. The highest BCUT2D eigenvalue weighted by atomic mass is 16.5. The summed E-state index contributed by atoms with van der Waals surface area (Å²) < 4.78 is 9.36. The predicted octanol–water partition coefficient (Wildman–Crippen LogP) is 4.14. The van der Waals surface area contributed by atoms with Gasteiger partial charge in [0.2, 0.25) is 11.8 Å². The molecule has 2 N–H and O–H groups in total. The second-order valence-corrected chi connectivity index (χ2v) is 15.7. The van der Waals surface area contributed by atoms with Crippen molar-refractivity contribution in [2.45, 2.75) is 69.2 Å². The molecule has 2 saturated heterocycles. The number of carbonyl (C=O) groups excluding carboxylic acids is 2. The van der Waals surface area contributed by atoms with Gasteiger partial charge in [-0.05, 0) is 70.0 Å². The second kappa shape index (κ2) is 14.9. The highest BCUT2D eigenvalue weighted by Crippen LogP contribution is 2.45. The van der Waals surface area contributed by atoms with E-state index in [9.17, 15) is 20.1 Å². The van der Waals surface area contributed by atoms with Crippen molar-refractivity contribution in [2.75, 3.05) is 49.5 Å². The number of hydrogen-bond acceptors (Lipinski definition) is 13. The van der Waals surface area contributed by atoms with Crippen LogP contribution in [0.2, 0.25) is 0 Å². The van der Waals surface area contributed by atoms with Gasteiger partial charge in [-0.25, -0.2) is 14.6 Å². The number of rotatable bonds is 9. The number of nitrogens with one attached hydrogen (secondary N) is 2. The molecule has 4 aliphatic rings. The van der Waals surface area contributed by atoms with Crippen molar-refractivity contribution in [3.63, 3.8) is 0 Å². The number of ether oxygens (including phenoxy) is 1. The topological polar surface area (TPSA) is 196 Å². The van der Waals surface area contributed by atoms with E-state index in [1.54, 1.807) is 34.7 Å². The lowest BCUT2D eigenvalue weighted by Gasteiger charge is -2.37. The molecule has 5 aromatic rings. The van der Waals surface area contributed by atoms with Crippen molar-refractivity contribution < 1.29 is 14.3 Å². The van der Waals surface area contributed by atoms with Gasteiger partial charge in [0.15, 0.2) is 11.5 Å². The molecule has 9 rings (SSSR count). The summed E-state index contributed by atoms with van der Waals surface area (Å²) in [6.07, 6.45) is 13.3. The van der Waals surface area contributed by atoms with Crippen LogP contribution in [0.1, 0.15) is 74.6 Å². The third-order valence-corrected chi connectivity index (χ3v) is 12.2. The minimum absolute atomic E-state index is 0.213. The highest BCUT2D eigenvalue weighted by molar-refractivity contribution is 6.04. The quantitative estimate of drug-likeness (QED) is 0.203. The fourth-order valence-electron chi connectivity index (χ4n) is 8.83. The van der Waals surface area contributed by atoms with Crippen LogP contribution in [0.5, 0.6) is 5.75 Å². The summed E-state index contributed by atoms with van der Waals surface area (Å²) in [5.41, 5.74) is 4.58. The Kier molecular flexibility index (Phi) is 9.50. The van der Waals surface area contributed by atoms with Crippen molar-refractivity contribution in [3.8, 4) is 29.4 Å². The summed E-state index contributed by atoms with van der Waals surface area (Å²) >= 11 is 0. The summed E-state index contributed by atoms with van der Waals surface area (Å²) in [5, 5.41) is 38.9. The number of carbonyl (C=O) groups is 2. The summed E-state index contributed by atoms with van der Waals surface area (Å²) in [6.45, 7) is 7.05. The Morgan fingerprint density at radius 2 is 1.88 bits per heavy atom. The summed E-state index contributed by atoms with van der Waals surface area (Å²) in [7, 11) is 0. The Balaban J connectivity index is 0.782. The number of anilines is 2. The van der Waals surface area contributed by atoms with E-state index in [1.807, 2.05) is 18.3 Å². The van der Waals surface area contributed by atoms with Crippen LogP contribution < -0.4 is 20.3 Å². The third-order valence-electron chi connectivity index (χ3n) is 12.2. The number of nitriles is 2. The van der Waals surface area contributed by atoms with Crippen LogP contribution in [0.15, 0.2) is 55.1 Å². The number of imide groups is 1. The van der Waals surface area contributed by atoms with Gasteiger partial charge >= 0.3 is 0 Å². The van der Waals surface area contributed by atoms with E-state index < -0.39 is 11.5 Å². The van der Waals surface area contributed by atoms with E-state index in [0.717, 1.165) is 86.5 Å². The van der Waals surface area contributed by atoms with Crippen LogP contribution in [0.4, 0.5) is 11.4 Å². The largest absolute Gasteiger partial charge is 0.492 e. The Morgan fingerprint density at radius 3 is 2.67 bits per heavy atom. The number of nitrogens with zero attached hydrogens (tertiary/aromatic N) is 11. The first-order chi connectivity index (χ1) is 27.8. The number of hydrogen-bond donors (Lipinski definition) is 2. The number of piperidine rings is 1. The van der Waals surface area contributed by atoms with Crippen molar-refractivity contribution >= 4 is 34.2 Å². The molecule has 1 saturated carbocycles. The van der Waals surface area contributed by atoms with Crippen LogP contribution in [-0.2, 0) is 15.0 Å². The zero-order chi connectivity index (χ0) is 39.1. The lowest BCUT2D eigenvalue weighted by Crippen LogP contribution is -2.52. The minimum atomic E-state index is -0.758. The molecule has 1 aromatic carbocycles. The van der Waals surface area contributed by atoms with E-state index in [1.165, 1.54) is 12.6 Å². The van der Waals surface area contributed by atoms with Crippen molar-refractivity contribution in [3.05, 3.63) is 71.9 Å². The molecule has 16 nitrogen and oxygen atoms in total. The molecule has 4 aromatic heterocycles. The van der Waals surface area contributed by atoms with Gasteiger partial charge in [0, 0.05) is 73.5 Å². The maximum absolute atomic E-state index is 12.8. The smallest absolute Gasteiger partial charge is 0.240 e. The van der Waals surface area contributed by atoms with Crippen LogP contribution in [0.25, 0.3) is 22.5 Å². The van der Waals surface area contributed by atoms with E-state index in [2.05, 4.69) is 70.1 Å². The highest BCUT2D eigenvalue weighted by Gasteiger charge is 2.50. The molecule has 57 heavy (non-hydrogen) atoms. The molecule has 2 atom stereocenters. The van der Waals surface area contributed by atoms with Gasteiger partial charge in [0.1, 0.15) is 35.6 Å². The lowest BCUT2D eigenvalue weighted by atomic mass is 9.75. The maximum Gasteiger partial charge on any atom is 0.240 e. The number of piperazine rings is 1. The zero-order valence-electron chi connectivity index (χ0n) is 31.8. The van der Waals surface area contributed by atoms with Crippen LogP contribution in [0, 0.1) is 28.6 Å². The van der Waals surface area contributed by atoms with Gasteiger partial charge in [0.25, 0.3) is 0 Å². The number of pyridine rings is 2. The molecule has 1 spiro atoms. The molecule has 16 heteroatoms. The molecule has 3 aliphatic heterocycles. The van der Waals surface area contributed by atoms with Crippen molar-refractivity contribution in [1.29, 1.82) is 10.5 Å². The van der Waals surface area contributed by atoms with E-state index >= 15 is 0 Å². The summed E-state index contributed by atoms with van der Waals surface area (Å²) in [6, 6.07) is 13.6. The standard InChI is InChI=1S/C41H43N13O3/c1-26(19-42)47-33-18-37(54-39-30(22-46-54)16-28(20-43)21-45-39)44-23-35(33)53-24-34(49-50-53)29-4-2-27(3-5-29)9-11-51-12-14-52(15-13-51)31-6-7-32-36(17-31)57-25-41(32)10-8-38(55)48-40(41)56/h6-7,16-18,21-24,26-27,29H,2-5,8-15,25H2,1H3,(H,44,47)(H,48,55,56)/t26-,27?,29?,41?/m1/s1. The molecule has 1 aliphatic carbocycles. The zero-order valence-corrected chi connectivity index (χ0v) is 31.8. The molecule has 7 heterocycles. The Bertz CT molecular complexity index is 2430. The number of amides is 2. The first-order valence-electron chi connectivity index (χ1n) is 19.7. The SMILES string of the molecule is C[C@H](C#N)Nc1cc(-n2ncc3cc(C#N)cnc32)ncc1-n1cc(C2CCC(CCN3CCN(c4ccc5c(c4)OCC54CCC(=O)NC4=O)CC3)CC2)nn1. The first-order valence-corrected chi connectivity index (χ1v) is 19.7. The molecule has 290 valence electrons. The summed E-state index contributed by atoms with van der Waals surface area (Å²) in [4.78, 5) is 38.6.